The van der Waals surface area contributed by atoms with Gasteiger partial charge in [-0.15, -0.1) is 0 Å². The minimum Gasteiger partial charge on any atom is -0.480 e. The molecule has 0 saturated carbocycles. The predicted molar refractivity (Wildman–Crippen MR) is 253 cm³/mol. The summed E-state index contributed by atoms with van der Waals surface area (Å²) in [5.74, 6) is -4.29. The molecule has 0 aromatic heterocycles. The first-order valence-corrected chi connectivity index (χ1v) is 22.7. The van der Waals surface area contributed by atoms with Gasteiger partial charge in [0.15, 0.2) is 0 Å². The number of carboxylic acids is 2. The fourth-order valence-corrected chi connectivity index (χ4v) is 6.08. The number of ether oxygens (including phenoxy) is 5. The zero-order valence-electron chi connectivity index (χ0n) is 40.9. The Balaban J connectivity index is 1.96. The fraction of sp³-hybridized carbons (Fsp3) is 0.574. The number of carbonyl (C=O) groups is 8. The summed E-state index contributed by atoms with van der Waals surface area (Å²) >= 11 is 0. The summed E-state index contributed by atoms with van der Waals surface area (Å²) in [6.07, 6.45) is -1.02. The van der Waals surface area contributed by atoms with Crippen molar-refractivity contribution in [3.63, 3.8) is 0 Å². The number of aliphatic carboxylic acids is 2. The molecule has 22 nitrogen and oxygen atoms in total. The molecule has 69 heavy (non-hydrogen) atoms. The second-order valence-corrected chi connectivity index (χ2v) is 18.1. The van der Waals surface area contributed by atoms with E-state index >= 15 is 0 Å². The lowest BCUT2D eigenvalue weighted by molar-refractivity contribution is -0.146. The van der Waals surface area contributed by atoms with Crippen molar-refractivity contribution in [1.29, 1.82) is 0 Å². The largest absolute Gasteiger partial charge is 0.480 e. The average Bonchev–Trinajstić information content (AvgIpc) is 3.25. The number of benzene rings is 2. The van der Waals surface area contributed by atoms with Crippen LogP contribution < -0.4 is 37.2 Å². The van der Waals surface area contributed by atoms with Crippen LogP contribution >= 0.6 is 0 Å². The number of anilines is 1. The summed E-state index contributed by atoms with van der Waals surface area (Å²) in [4.78, 5) is 100. The van der Waals surface area contributed by atoms with Crippen molar-refractivity contribution in [3.8, 4) is 0 Å². The van der Waals surface area contributed by atoms with Gasteiger partial charge in [-0.2, -0.15) is 0 Å². The van der Waals surface area contributed by atoms with Crippen LogP contribution in [-0.4, -0.2) is 134 Å². The second-order valence-electron chi connectivity index (χ2n) is 18.1. The Morgan fingerprint density at radius 2 is 1.16 bits per heavy atom. The topological polar surface area (TPSA) is 307 Å². The first-order valence-electron chi connectivity index (χ1n) is 22.7. The monoisotopic (exact) mass is 974 g/mol. The van der Waals surface area contributed by atoms with Gasteiger partial charge < -0.3 is 71.1 Å². The summed E-state index contributed by atoms with van der Waals surface area (Å²) in [6.45, 7) is 14.4. The van der Waals surface area contributed by atoms with Crippen LogP contribution in [0.4, 0.5) is 24.9 Å². The number of hydrogen-bond donors (Lipinski definition) is 9. The molecular formula is C47H71N7O15. The molecule has 3 atom stereocenters. The molecule has 384 valence electrons. The smallest absolute Gasteiger partial charge is 0.408 e. The van der Waals surface area contributed by atoms with E-state index < -0.39 is 76.8 Å². The zero-order valence-corrected chi connectivity index (χ0v) is 40.9. The number of nitrogens with one attached hydrogen (secondary N) is 7. The molecule has 0 saturated heterocycles. The number of carboxylic acid groups (broad SMARTS) is 2. The molecule has 0 spiro atoms. The summed E-state index contributed by atoms with van der Waals surface area (Å²) < 4.78 is 26.5. The molecule has 2 aromatic carbocycles. The Hall–Kier alpha value is -6.68. The van der Waals surface area contributed by atoms with Gasteiger partial charge in [0.1, 0.15) is 29.4 Å². The standard InChI is InChI=1S/C47H71N7O15/c1-31(47(8,40(59)60)54-44(64)69-46(5,6)7)15-14-20-49-38(56)34-27-33(37(55)48-19-13-12-18-36(39(57)58)53-43(63)68-45(2,3)4)28-35(29-34)52-41(61)50-21-23-65-25-26-66-24-22-51-42(62)67-30-32-16-10-9-11-17-32/h9-11,16-17,27-29,31,36H,12-15,18-26,30H2,1-8H3,(H,48,55)(H,49,56)(H,51,62)(H,53,63)(H,54,64)(H,57,58)(H,59,60)(H2,50,52,61)/t31?,36-,47-/m0/s1. The molecule has 9 N–H and O–H groups in total. The normalized spacial score (nSPS) is 13.0. The zero-order chi connectivity index (χ0) is 51.6. The number of amides is 7. The third-order valence-electron chi connectivity index (χ3n) is 9.83. The second kappa shape index (κ2) is 29.3. The third kappa shape index (κ3) is 24.8. The van der Waals surface area contributed by atoms with Crippen molar-refractivity contribution in [2.75, 3.05) is 57.9 Å². The van der Waals surface area contributed by atoms with E-state index in [4.69, 9.17) is 23.7 Å². The summed E-state index contributed by atoms with van der Waals surface area (Å²) in [6, 6.07) is 11.5. The van der Waals surface area contributed by atoms with E-state index in [9.17, 15) is 48.6 Å². The highest BCUT2D eigenvalue weighted by Gasteiger charge is 2.41. The number of rotatable bonds is 28. The van der Waals surface area contributed by atoms with Gasteiger partial charge in [0.25, 0.3) is 11.8 Å². The van der Waals surface area contributed by atoms with Crippen LogP contribution in [0.3, 0.4) is 0 Å². The highest BCUT2D eigenvalue weighted by atomic mass is 16.6. The SMILES string of the molecule is CC(CCCNC(=O)c1cc(NC(=O)NCCOCCOCCNC(=O)OCc2ccccc2)cc(C(=O)NCCCC[C@H](NC(=O)OC(C)(C)C)C(=O)O)c1)[C@](C)(NC(=O)OC(C)(C)C)C(=O)O. The maximum atomic E-state index is 13.4. The molecule has 1 unspecified atom stereocenters. The van der Waals surface area contributed by atoms with Gasteiger partial charge in [0, 0.05) is 43.0 Å². The Morgan fingerprint density at radius 3 is 1.71 bits per heavy atom. The molecule has 0 radical (unpaired) electrons. The first-order chi connectivity index (χ1) is 32.4. The molecule has 22 heteroatoms. The van der Waals surface area contributed by atoms with Crippen LogP contribution in [-0.2, 0) is 39.9 Å². The lowest BCUT2D eigenvalue weighted by Gasteiger charge is -2.33. The average molecular weight is 974 g/mol. The quantitative estimate of drug-likeness (QED) is 0.0393. The number of urea groups is 1. The molecular weight excluding hydrogens is 903 g/mol. The van der Waals surface area contributed by atoms with Crippen LogP contribution in [0.25, 0.3) is 0 Å². The van der Waals surface area contributed by atoms with Crippen LogP contribution in [0.15, 0.2) is 48.5 Å². The van der Waals surface area contributed by atoms with E-state index in [1.165, 1.54) is 25.1 Å². The van der Waals surface area contributed by atoms with Crippen molar-refractivity contribution >= 4 is 53.8 Å². The van der Waals surface area contributed by atoms with E-state index in [0.29, 0.717) is 19.3 Å². The van der Waals surface area contributed by atoms with E-state index in [2.05, 4.69) is 37.2 Å². The molecule has 0 fully saturated rings. The Labute approximate surface area is 403 Å². The Bertz CT molecular complexity index is 2010. The van der Waals surface area contributed by atoms with E-state index in [1.807, 2.05) is 30.3 Å². The van der Waals surface area contributed by atoms with E-state index in [0.717, 1.165) is 5.56 Å². The van der Waals surface area contributed by atoms with Gasteiger partial charge >= 0.3 is 36.2 Å². The van der Waals surface area contributed by atoms with Gasteiger partial charge in [0.2, 0.25) is 0 Å². The van der Waals surface area contributed by atoms with Crippen LogP contribution in [0.1, 0.15) is 114 Å². The highest BCUT2D eigenvalue weighted by molar-refractivity contribution is 6.02. The summed E-state index contributed by atoms with van der Waals surface area (Å²) in [5, 5.41) is 37.6. The van der Waals surface area contributed by atoms with Crippen molar-refractivity contribution in [1.82, 2.24) is 31.9 Å². The van der Waals surface area contributed by atoms with Crippen LogP contribution in [0.5, 0.6) is 0 Å². The molecule has 0 aliphatic carbocycles. The van der Waals surface area contributed by atoms with Crippen molar-refractivity contribution in [3.05, 3.63) is 65.2 Å². The first kappa shape index (κ1) is 58.4. The van der Waals surface area contributed by atoms with Gasteiger partial charge in [-0.1, -0.05) is 37.3 Å². The molecule has 0 aliphatic rings. The summed E-state index contributed by atoms with van der Waals surface area (Å²) in [7, 11) is 0. The molecule has 0 heterocycles. The number of alkyl carbamates (subject to hydrolysis) is 3. The number of carbonyl (C=O) groups excluding carboxylic acids is 6. The third-order valence-corrected chi connectivity index (χ3v) is 9.83. The maximum absolute atomic E-state index is 13.4. The van der Waals surface area contributed by atoms with Crippen molar-refractivity contribution < 1.29 is 72.3 Å². The summed E-state index contributed by atoms with van der Waals surface area (Å²) in [5.41, 5.74) is -2.33. The van der Waals surface area contributed by atoms with Gasteiger partial charge in [-0.25, -0.2) is 28.8 Å². The lowest BCUT2D eigenvalue weighted by atomic mass is 9.84. The van der Waals surface area contributed by atoms with E-state index in [-0.39, 0.29) is 88.9 Å². The Kier molecular flexibility index (Phi) is 24.8. The molecule has 7 amide bonds. The Morgan fingerprint density at radius 1 is 0.609 bits per heavy atom. The molecule has 2 rings (SSSR count). The predicted octanol–water partition coefficient (Wildman–Crippen LogP) is 5.16. The minimum absolute atomic E-state index is 0.0214. The van der Waals surface area contributed by atoms with Gasteiger partial charge in [-0.05, 0) is 110 Å². The van der Waals surface area contributed by atoms with Crippen molar-refractivity contribution in [2.45, 2.75) is 117 Å². The molecule has 0 aliphatic heterocycles. The lowest BCUT2D eigenvalue weighted by Crippen LogP contribution is -2.57. The molecule has 0 bridgehead atoms. The van der Waals surface area contributed by atoms with Crippen LogP contribution in [0.2, 0.25) is 0 Å². The minimum atomic E-state index is -1.68. The number of unbranched alkanes of at least 4 members (excludes halogenated alkanes) is 1. The maximum Gasteiger partial charge on any atom is 0.408 e. The molecule has 2 aromatic rings. The van der Waals surface area contributed by atoms with Crippen molar-refractivity contribution in [2.24, 2.45) is 5.92 Å². The fourth-order valence-electron chi connectivity index (χ4n) is 6.08. The highest BCUT2D eigenvalue weighted by Crippen LogP contribution is 2.24. The van der Waals surface area contributed by atoms with Crippen LogP contribution in [0, 0.1) is 5.92 Å². The van der Waals surface area contributed by atoms with Gasteiger partial charge in [0.05, 0.1) is 26.4 Å². The van der Waals surface area contributed by atoms with Gasteiger partial charge in [-0.3, -0.25) is 9.59 Å². The van der Waals surface area contributed by atoms with E-state index in [1.54, 1.807) is 48.5 Å². The number of hydrogen-bond acceptors (Lipinski definition) is 13.